The summed E-state index contributed by atoms with van der Waals surface area (Å²) in [5, 5.41) is 0. The molecule has 2 bridgehead atoms. The minimum Gasteiger partial charge on any atom is -0.427 e. The molecule has 2 fully saturated rings. The number of anilines is 1. The summed E-state index contributed by atoms with van der Waals surface area (Å²) in [4.78, 5) is 62.4. The van der Waals surface area contributed by atoms with E-state index in [2.05, 4.69) is 0 Å². The number of rotatable bonds is 5. The molecule has 0 unspecified atom stereocenters. The predicted octanol–water partition coefficient (Wildman–Crippen LogP) is 1.27. The third-order valence-electron chi connectivity index (χ3n) is 5.75. The van der Waals surface area contributed by atoms with Crippen molar-refractivity contribution < 1.29 is 42.9 Å². The normalized spacial score (nSPS) is 30.0. The molecule has 0 spiro atoms. The van der Waals surface area contributed by atoms with Crippen LogP contribution in [0.2, 0.25) is 0 Å². The molecular weight excluding hydrogens is 422 g/mol. The monoisotopic (exact) mass is 443 g/mol. The third kappa shape index (κ3) is 3.18. The zero-order valence-corrected chi connectivity index (χ0v) is 17.8. The molecule has 3 aliphatic rings. The average molecular weight is 443 g/mol. The van der Waals surface area contributed by atoms with Gasteiger partial charge in [-0.15, -0.1) is 0 Å². The van der Waals surface area contributed by atoms with Crippen LogP contribution in [0.25, 0.3) is 0 Å². The van der Waals surface area contributed by atoms with Crippen LogP contribution in [0.5, 0.6) is 5.75 Å². The molecule has 4 rings (SSSR count). The third-order valence-corrected chi connectivity index (χ3v) is 5.75. The van der Waals surface area contributed by atoms with E-state index in [0.29, 0.717) is 0 Å². The molecule has 0 aliphatic carbocycles. The molecule has 32 heavy (non-hydrogen) atoms. The molecular formula is C22H21NO9. The van der Waals surface area contributed by atoms with Crippen LogP contribution in [0.3, 0.4) is 0 Å². The summed E-state index contributed by atoms with van der Waals surface area (Å²) in [5.74, 6) is -4.81. The maximum absolute atomic E-state index is 13.5. The van der Waals surface area contributed by atoms with Crippen molar-refractivity contribution in [2.75, 3.05) is 4.90 Å². The summed E-state index contributed by atoms with van der Waals surface area (Å²) >= 11 is 0. The van der Waals surface area contributed by atoms with Crippen LogP contribution in [0, 0.1) is 11.8 Å². The number of amides is 2. The molecule has 1 aromatic carbocycles. The smallest absolute Gasteiger partial charge is 0.308 e. The fraction of sp³-hybridized carbons (Fsp3) is 0.409. The van der Waals surface area contributed by atoms with E-state index in [-0.39, 0.29) is 11.4 Å². The molecule has 10 heteroatoms. The van der Waals surface area contributed by atoms with Gasteiger partial charge in [-0.3, -0.25) is 24.0 Å². The lowest BCUT2D eigenvalue weighted by atomic mass is 9.72. The highest BCUT2D eigenvalue weighted by Gasteiger charge is 2.75. The summed E-state index contributed by atoms with van der Waals surface area (Å²) in [6.07, 6.45) is 1.59. The van der Waals surface area contributed by atoms with Gasteiger partial charge in [-0.05, 0) is 37.3 Å². The van der Waals surface area contributed by atoms with Gasteiger partial charge in [0.1, 0.15) is 5.75 Å². The van der Waals surface area contributed by atoms with Crippen molar-refractivity contribution in [1.29, 1.82) is 0 Å². The van der Waals surface area contributed by atoms with E-state index >= 15 is 0 Å². The Hall–Kier alpha value is -3.53. The number of carbonyl (C=O) groups is 5. The molecule has 0 N–H and O–H groups in total. The highest BCUT2D eigenvalue weighted by Crippen LogP contribution is 2.59. The second kappa shape index (κ2) is 7.27. The fourth-order valence-electron chi connectivity index (χ4n) is 4.65. The molecule has 2 amide bonds. The van der Waals surface area contributed by atoms with E-state index in [4.69, 9.17) is 18.9 Å². The summed E-state index contributed by atoms with van der Waals surface area (Å²) in [7, 11) is 0. The quantitative estimate of drug-likeness (QED) is 0.217. The van der Waals surface area contributed by atoms with Gasteiger partial charge in [-0.1, -0.05) is 6.08 Å². The number of hydrogen-bond acceptors (Lipinski definition) is 9. The maximum Gasteiger partial charge on any atom is 0.308 e. The van der Waals surface area contributed by atoms with Crippen molar-refractivity contribution in [3.8, 4) is 5.75 Å². The molecule has 2 saturated heterocycles. The van der Waals surface area contributed by atoms with E-state index in [9.17, 15) is 24.0 Å². The number of imide groups is 1. The largest absolute Gasteiger partial charge is 0.427 e. The van der Waals surface area contributed by atoms with Gasteiger partial charge in [-0.25, -0.2) is 4.90 Å². The Morgan fingerprint density at radius 1 is 0.906 bits per heavy atom. The van der Waals surface area contributed by atoms with Gasteiger partial charge in [0.15, 0.2) is 5.60 Å². The lowest BCUT2D eigenvalue weighted by molar-refractivity contribution is -0.231. The van der Waals surface area contributed by atoms with Gasteiger partial charge in [0, 0.05) is 20.8 Å². The lowest BCUT2D eigenvalue weighted by Crippen LogP contribution is -2.52. The Labute approximate surface area is 183 Å². The number of ether oxygens (including phenoxy) is 4. The summed E-state index contributed by atoms with van der Waals surface area (Å²) < 4.78 is 21.5. The van der Waals surface area contributed by atoms with Gasteiger partial charge in [0.05, 0.1) is 23.1 Å². The first-order valence-electron chi connectivity index (χ1n) is 9.90. The number of nitrogens with zero attached hydrogens (tertiary/aromatic N) is 1. The predicted molar refractivity (Wildman–Crippen MR) is 106 cm³/mol. The number of esters is 3. The highest BCUT2D eigenvalue weighted by atomic mass is 16.7. The number of benzene rings is 1. The first-order chi connectivity index (χ1) is 15.0. The van der Waals surface area contributed by atoms with Crippen LogP contribution in [-0.2, 0) is 38.2 Å². The van der Waals surface area contributed by atoms with Crippen LogP contribution in [0.4, 0.5) is 5.69 Å². The van der Waals surface area contributed by atoms with Gasteiger partial charge in [0.25, 0.3) is 6.29 Å². The first-order valence-corrected chi connectivity index (χ1v) is 9.90. The summed E-state index contributed by atoms with van der Waals surface area (Å²) in [6.45, 7) is 5.17. The van der Waals surface area contributed by atoms with Gasteiger partial charge in [0.2, 0.25) is 11.8 Å². The number of carbonyl (C=O) groups excluding carboxylic acids is 5. The molecule has 0 saturated carbocycles. The Bertz CT molecular complexity index is 1050. The SMILES string of the molecule is CC(=O)Oc1ccc(N2C(=O)[C@@H]3[C@@H](C2=O)[C@@]2(C(OC(C)=O)OC(C)=O)C=C[C@@]3(C)O2)cc1. The Balaban J connectivity index is 1.72. The summed E-state index contributed by atoms with van der Waals surface area (Å²) in [6, 6.07) is 5.89. The molecule has 4 atom stereocenters. The van der Waals surface area contributed by atoms with Crippen LogP contribution in [-0.4, -0.2) is 47.2 Å². The number of fused-ring (bicyclic) bond motifs is 5. The minimum absolute atomic E-state index is 0.263. The molecule has 3 heterocycles. The topological polar surface area (TPSA) is 126 Å². The van der Waals surface area contributed by atoms with Crippen LogP contribution < -0.4 is 9.64 Å². The zero-order chi connectivity index (χ0) is 23.4. The van der Waals surface area contributed by atoms with Gasteiger partial charge in [-0.2, -0.15) is 0 Å². The average Bonchev–Trinajstić information content (AvgIpc) is 3.27. The zero-order valence-electron chi connectivity index (χ0n) is 17.8. The van der Waals surface area contributed by atoms with E-state index in [0.717, 1.165) is 18.7 Å². The molecule has 1 aromatic rings. The van der Waals surface area contributed by atoms with E-state index in [1.807, 2.05) is 0 Å². The van der Waals surface area contributed by atoms with E-state index < -0.39 is 59.1 Å². The van der Waals surface area contributed by atoms with Crippen molar-refractivity contribution in [3.05, 3.63) is 36.4 Å². The minimum atomic E-state index is -1.64. The fourth-order valence-corrected chi connectivity index (χ4v) is 4.65. The van der Waals surface area contributed by atoms with Crippen molar-refractivity contribution in [3.63, 3.8) is 0 Å². The van der Waals surface area contributed by atoms with Crippen molar-refractivity contribution >= 4 is 35.4 Å². The molecule has 10 nitrogen and oxygen atoms in total. The van der Waals surface area contributed by atoms with E-state index in [1.165, 1.54) is 37.3 Å². The van der Waals surface area contributed by atoms with Crippen molar-refractivity contribution in [1.82, 2.24) is 0 Å². The Morgan fingerprint density at radius 3 is 2.00 bits per heavy atom. The van der Waals surface area contributed by atoms with Crippen LogP contribution in [0.1, 0.15) is 27.7 Å². The molecule has 168 valence electrons. The van der Waals surface area contributed by atoms with Crippen molar-refractivity contribution in [2.24, 2.45) is 11.8 Å². The maximum atomic E-state index is 13.5. The molecule has 0 aromatic heterocycles. The lowest BCUT2D eigenvalue weighted by Gasteiger charge is -2.34. The molecule has 0 radical (unpaired) electrons. The second-order valence-corrected chi connectivity index (χ2v) is 8.08. The Kier molecular flexibility index (Phi) is 4.93. The van der Waals surface area contributed by atoms with Crippen LogP contribution in [0.15, 0.2) is 36.4 Å². The van der Waals surface area contributed by atoms with Gasteiger partial charge < -0.3 is 18.9 Å². The summed E-state index contributed by atoms with van der Waals surface area (Å²) in [5.41, 5.74) is -2.53. The van der Waals surface area contributed by atoms with E-state index in [1.54, 1.807) is 13.0 Å². The number of hydrogen-bond donors (Lipinski definition) is 0. The highest BCUT2D eigenvalue weighted by molar-refractivity contribution is 6.23. The second-order valence-electron chi connectivity index (χ2n) is 8.08. The van der Waals surface area contributed by atoms with Crippen LogP contribution >= 0.6 is 0 Å². The standard InChI is InChI=1S/C22H21NO9/c1-11(24)29-15-7-5-14(6-8-15)23-18(27)16-17(19(23)28)22(10-9-21(16,4)32-22)20(30-12(2)25)31-13(3)26/h5-10,16-17,20H,1-4H3/t16-,17-,21+,22+/m0/s1. The van der Waals surface area contributed by atoms with Crippen molar-refractivity contribution in [2.45, 2.75) is 45.2 Å². The molecule has 3 aliphatic heterocycles. The Morgan fingerprint density at radius 2 is 1.47 bits per heavy atom. The first kappa shape index (κ1) is 21.7. The van der Waals surface area contributed by atoms with Gasteiger partial charge >= 0.3 is 17.9 Å².